The number of ether oxygens (including phenoxy) is 1. The lowest BCUT2D eigenvalue weighted by molar-refractivity contribution is 0.0694. The summed E-state index contributed by atoms with van der Waals surface area (Å²) in [6, 6.07) is 1.67. The van der Waals surface area contributed by atoms with Crippen LogP contribution >= 0.6 is 11.6 Å². The van der Waals surface area contributed by atoms with Gasteiger partial charge in [-0.1, -0.05) is 11.6 Å². The molecule has 0 amide bonds. The van der Waals surface area contributed by atoms with Crippen LogP contribution in [0.3, 0.4) is 0 Å². The van der Waals surface area contributed by atoms with E-state index in [0.29, 0.717) is 23.3 Å². The first-order valence-electron chi connectivity index (χ1n) is 5.36. The molecule has 0 aliphatic carbocycles. The van der Waals surface area contributed by atoms with E-state index in [9.17, 15) is 5.11 Å². The van der Waals surface area contributed by atoms with Crippen molar-refractivity contribution in [2.45, 2.75) is 6.10 Å². The van der Waals surface area contributed by atoms with Gasteiger partial charge >= 0.3 is 0 Å². The van der Waals surface area contributed by atoms with Gasteiger partial charge < -0.3 is 14.7 Å². The van der Waals surface area contributed by atoms with Crippen molar-refractivity contribution in [1.82, 2.24) is 19.6 Å². The molecule has 98 valence electrons. The minimum atomic E-state index is -0.592. The first kappa shape index (κ1) is 13.0. The molecule has 7 nitrogen and oxygen atoms in total. The normalized spacial score (nSPS) is 12.9. The molecule has 0 saturated heterocycles. The average Bonchev–Trinajstić information content (AvgIpc) is 2.75. The molecule has 2 rings (SSSR count). The molecular formula is C10H14ClN5O2. The standard InChI is InChI=1S/C10H14ClN5O2/c1-15(4-7(17)5-18-2)9-3-8(11)14-10-12-6-13-16(9)10/h3,6-7,17H,4-5H2,1-2H3. The molecule has 2 heterocycles. The highest BCUT2D eigenvalue weighted by Gasteiger charge is 2.14. The van der Waals surface area contributed by atoms with Gasteiger partial charge in [-0.15, -0.1) is 0 Å². The predicted molar refractivity (Wildman–Crippen MR) is 66.9 cm³/mol. The molecule has 0 radical (unpaired) electrons. The van der Waals surface area contributed by atoms with E-state index < -0.39 is 6.10 Å². The molecule has 1 unspecified atom stereocenters. The topological polar surface area (TPSA) is 75.8 Å². The molecule has 18 heavy (non-hydrogen) atoms. The highest BCUT2D eigenvalue weighted by atomic mass is 35.5. The maximum absolute atomic E-state index is 9.71. The first-order chi connectivity index (χ1) is 8.61. The number of hydrogen-bond acceptors (Lipinski definition) is 6. The van der Waals surface area contributed by atoms with Crippen molar-refractivity contribution in [3.8, 4) is 0 Å². The number of fused-ring (bicyclic) bond motifs is 1. The van der Waals surface area contributed by atoms with Crippen LogP contribution in [0.25, 0.3) is 5.78 Å². The summed E-state index contributed by atoms with van der Waals surface area (Å²) in [6.07, 6.45) is 0.812. The Kier molecular flexibility index (Phi) is 3.95. The summed E-state index contributed by atoms with van der Waals surface area (Å²) < 4.78 is 6.45. The van der Waals surface area contributed by atoms with Crippen LogP contribution in [0.15, 0.2) is 12.4 Å². The lowest BCUT2D eigenvalue weighted by Crippen LogP contribution is -2.33. The number of hydrogen-bond donors (Lipinski definition) is 1. The third-order valence-corrected chi connectivity index (χ3v) is 2.63. The van der Waals surface area contributed by atoms with Crippen molar-refractivity contribution in [2.75, 3.05) is 32.2 Å². The molecule has 8 heteroatoms. The zero-order valence-corrected chi connectivity index (χ0v) is 10.9. The van der Waals surface area contributed by atoms with Gasteiger partial charge in [0.25, 0.3) is 5.78 Å². The fourth-order valence-electron chi connectivity index (χ4n) is 1.70. The minimum Gasteiger partial charge on any atom is -0.389 e. The number of anilines is 1. The lowest BCUT2D eigenvalue weighted by Gasteiger charge is -2.22. The molecule has 1 atom stereocenters. The van der Waals surface area contributed by atoms with Gasteiger partial charge in [0.05, 0.1) is 12.7 Å². The highest BCUT2D eigenvalue weighted by molar-refractivity contribution is 6.29. The monoisotopic (exact) mass is 271 g/mol. The Labute approximate surface area is 109 Å². The molecule has 1 N–H and O–H groups in total. The van der Waals surface area contributed by atoms with E-state index in [1.807, 2.05) is 11.9 Å². The zero-order valence-electron chi connectivity index (χ0n) is 10.1. The maximum Gasteiger partial charge on any atom is 0.255 e. The molecule has 0 fully saturated rings. The minimum absolute atomic E-state index is 0.268. The summed E-state index contributed by atoms with van der Waals surface area (Å²) in [4.78, 5) is 9.83. The second-order valence-electron chi connectivity index (χ2n) is 3.90. The maximum atomic E-state index is 9.71. The number of halogens is 1. The van der Waals surface area contributed by atoms with Gasteiger partial charge in [-0.3, -0.25) is 0 Å². The van der Waals surface area contributed by atoms with Crippen molar-refractivity contribution in [2.24, 2.45) is 0 Å². The summed E-state index contributed by atoms with van der Waals surface area (Å²) >= 11 is 5.92. The SMILES string of the molecule is COCC(O)CN(C)c1cc(Cl)nc2ncnn12. The first-order valence-corrected chi connectivity index (χ1v) is 5.74. The lowest BCUT2D eigenvalue weighted by atomic mass is 10.3. The summed E-state index contributed by atoms with van der Waals surface area (Å²) in [5.74, 6) is 1.13. The zero-order chi connectivity index (χ0) is 13.1. The van der Waals surface area contributed by atoms with Crippen molar-refractivity contribution >= 4 is 23.2 Å². The van der Waals surface area contributed by atoms with Crippen LogP contribution in [0, 0.1) is 0 Å². The molecule has 2 aromatic heterocycles. The van der Waals surface area contributed by atoms with Crippen molar-refractivity contribution < 1.29 is 9.84 Å². The van der Waals surface area contributed by atoms with Gasteiger partial charge in [-0.05, 0) is 0 Å². The number of rotatable bonds is 5. The largest absolute Gasteiger partial charge is 0.389 e. The van der Waals surface area contributed by atoms with Crippen LogP contribution in [0.1, 0.15) is 0 Å². The molecule has 0 bridgehead atoms. The molecule has 0 saturated carbocycles. The van der Waals surface area contributed by atoms with Gasteiger partial charge in [-0.25, -0.2) is 0 Å². The second-order valence-corrected chi connectivity index (χ2v) is 4.29. The van der Waals surface area contributed by atoms with E-state index in [1.165, 1.54) is 6.33 Å². The van der Waals surface area contributed by atoms with Crippen molar-refractivity contribution in [3.05, 3.63) is 17.5 Å². The molecule has 0 aliphatic rings. The quantitative estimate of drug-likeness (QED) is 0.784. The van der Waals surface area contributed by atoms with Crippen LogP contribution < -0.4 is 4.90 Å². The van der Waals surface area contributed by atoms with Crippen molar-refractivity contribution in [1.29, 1.82) is 0 Å². The van der Waals surface area contributed by atoms with E-state index in [4.69, 9.17) is 16.3 Å². The Balaban J connectivity index is 2.26. The Morgan fingerprint density at radius 3 is 3.11 bits per heavy atom. The third kappa shape index (κ3) is 2.69. The molecular weight excluding hydrogens is 258 g/mol. The number of aliphatic hydroxyl groups is 1. The molecule has 2 aromatic rings. The van der Waals surface area contributed by atoms with E-state index in [2.05, 4.69) is 15.1 Å². The summed E-state index contributed by atoms with van der Waals surface area (Å²) in [5.41, 5.74) is 0. The van der Waals surface area contributed by atoms with Crippen LogP contribution in [0.4, 0.5) is 5.82 Å². The van der Waals surface area contributed by atoms with Gasteiger partial charge in [0.2, 0.25) is 0 Å². The van der Waals surface area contributed by atoms with Crippen LogP contribution in [-0.2, 0) is 4.74 Å². The van der Waals surface area contributed by atoms with Gasteiger partial charge in [0.15, 0.2) is 0 Å². The Bertz CT molecular complexity index is 532. The fourth-order valence-corrected chi connectivity index (χ4v) is 1.87. The molecule has 0 spiro atoms. The van der Waals surface area contributed by atoms with Gasteiger partial charge in [-0.2, -0.15) is 19.6 Å². The summed E-state index contributed by atoms with van der Waals surface area (Å²) in [6.45, 7) is 0.660. The number of aromatic nitrogens is 4. The number of nitrogens with zero attached hydrogens (tertiary/aromatic N) is 5. The van der Waals surface area contributed by atoms with Crippen LogP contribution in [0.5, 0.6) is 0 Å². The van der Waals surface area contributed by atoms with E-state index in [0.717, 1.165) is 0 Å². The Morgan fingerprint density at radius 1 is 1.61 bits per heavy atom. The summed E-state index contributed by atoms with van der Waals surface area (Å²) in [7, 11) is 3.37. The third-order valence-electron chi connectivity index (χ3n) is 2.44. The smallest absolute Gasteiger partial charge is 0.255 e. The van der Waals surface area contributed by atoms with Crippen LogP contribution in [-0.4, -0.2) is 58.1 Å². The fraction of sp³-hybridized carbons (Fsp3) is 0.500. The van der Waals surface area contributed by atoms with E-state index in [-0.39, 0.29) is 6.61 Å². The molecule has 0 aliphatic heterocycles. The van der Waals surface area contributed by atoms with E-state index >= 15 is 0 Å². The number of likely N-dealkylation sites (N-methyl/N-ethyl adjacent to an activating group) is 1. The number of methoxy groups -OCH3 is 1. The number of aliphatic hydroxyl groups excluding tert-OH is 1. The average molecular weight is 272 g/mol. The second kappa shape index (κ2) is 5.47. The Hall–Kier alpha value is -1.44. The van der Waals surface area contributed by atoms with Gasteiger partial charge in [0.1, 0.15) is 17.3 Å². The highest BCUT2D eigenvalue weighted by Crippen LogP contribution is 2.17. The predicted octanol–water partition coefficient (Wildman–Crippen LogP) is 0.221. The van der Waals surface area contributed by atoms with Gasteiger partial charge in [0, 0.05) is 26.8 Å². The molecule has 0 aromatic carbocycles. The van der Waals surface area contributed by atoms with E-state index in [1.54, 1.807) is 17.7 Å². The Morgan fingerprint density at radius 2 is 2.39 bits per heavy atom. The summed E-state index contributed by atoms with van der Waals surface area (Å²) in [5, 5.41) is 14.1. The van der Waals surface area contributed by atoms with Crippen LogP contribution in [0.2, 0.25) is 5.15 Å². The van der Waals surface area contributed by atoms with Crippen molar-refractivity contribution in [3.63, 3.8) is 0 Å².